The highest BCUT2D eigenvalue weighted by Crippen LogP contribution is 2.33. The Hall–Kier alpha value is -3.64. The number of fused-ring (bicyclic) bond motifs is 1. The lowest BCUT2D eigenvalue weighted by Gasteiger charge is -2.13. The van der Waals surface area contributed by atoms with Crippen molar-refractivity contribution >= 4 is 33.0 Å². The Balaban J connectivity index is 2.03. The van der Waals surface area contributed by atoms with Crippen molar-refractivity contribution in [2.45, 2.75) is 11.3 Å². The van der Waals surface area contributed by atoms with Gasteiger partial charge in [-0.1, -0.05) is 66.7 Å². The third kappa shape index (κ3) is 4.02. The van der Waals surface area contributed by atoms with Crippen LogP contribution in [0, 0.1) is 0 Å². The number of aromatic nitrogens is 1. The molecular weight excluding hydrogens is 410 g/mol. The number of ether oxygens (including phenoxy) is 1. The maximum Gasteiger partial charge on any atom is 0.330 e. The van der Waals surface area contributed by atoms with Gasteiger partial charge in [0.15, 0.2) is 0 Å². The molecule has 6 heteroatoms. The van der Waals surface area contributed by atoms with Crippen LogP contribution in [0.25, 0.3) is 17.0 Å². The number of carbonyl (C=O) groups is 1. The fourth-order valence-electron chi connectivity index (χ4n) is 3.62. The topological polar surface area (TPSA) is 65.4 Å². The van der Waals surface area contributed by atoms with Crippen molar-refractivity contribution in [3.05, 3.63) is 108 Å². The molecule has 31 heavy (non-hydrogen) atoms. The van der Waals surface area contributed by atoms with E-state index in [1.807, 2.05) is 42.5 Å². The lowest BCUT2D eigenvalue weighted by Crippen LogP contribution is -2.16. The summed E-state index contributed by atoms with van der Waals surface area (Å²) in [6, 6.07) is 25.3. The molecule has 0 spiro atoms. The van der Waals surface area contributed by atoms with Gasteiger partial charge in [0.05, 0.1) is 17.5 Å². The first kappa shape index (κ1) is 20.6. The molecule has 0 aliphatic carbocycles. The van der Waals surface area contributed by atoms with E-state index >= 15 is 0 Å². The quantitative estimate of drug-likeness (QED) is 0.329. The van der Waals surface area contributed by atoms with E-state index in [0.29, 0.717) is 23.2 Å². The van der Waals surface area contributed by atoms with E-state index in [0.717, 1.165) is 10.9 Å². The molecule has 0 aliphatic heterocycles. The minimum Gasteiger partial charge on any atom is -0.466 e. The molecule has 1 heterocycles. The van der Waals surface area contributed by atoms with Crippen molar-refractivity contribution in [1.82, 2.24) is 3.97 Å². The summed E-state index contributed by atoms with van der Waals surface area (Å²) in [5, 5.41) is 0.744. The van der Waals surface area contributed by atoms with Gasteiger partial charge in [-0.25, -0.2) is 17.2 Å². The molecule has 156 valence electrons. The Morgan fingerprint density at radius 3 is 2.19 bits per heavy atom. The summed E-state index contributed by atoms with van der Waals surface area (Å²) < 4.78 is 33.6. The van der Waals surface area contributed by atoms with Crippen molar-refractivity contribution < 1.29 is 17.9 Å². The van der Waals surface area contributed by atoms with Crippen molar-refractivity contribution in [3.8, 4) is 0 Å². The Morgan fingerprint density at radius 1 is 0.903 bits per heavy atom. The molecule has 0 saturated carbocycles. The van der Waals surface area contributed by atoms with Gasteiger partial charge in [-0.05, 0) is 29.8 Å². The van der Waals surface area contributed by atoms with Crippen molar-refractivity contribution in [2.75, 3.05) is 7.11 Å². The molecule has 0 atom stereocenters. The first-order valence-corrected chi connectivity index (χ1v) is 11.2. The summed E-state index contributed by atoms with van der Waals surface area (Å²) in [5.74, 6) is -0.506. The third-order valence-electron chi connectivity index (χ3n) is 5.05. The van der Waals surface area contributed by atoms with E-state index in [2.05, 4.69) is 0 Å². The standard InChI is InChI=1S/C25H21NO4S/c1-30-25(27)17-16-22-21-14-8-9-15-23(21)26(24(22)18-19-10-4-2-5-11-19)31(28,29)20-12-6-3-7-13-20/h2-17H,18H2,1H3/b17-16+. The molecule has 0 amide bonds. The summed E-state index contributed by atoms with van der Waals surface area (Å²) in [7, 11) is -2.57. The first-order valence-electron chi connectivity index (χ1n) is 9.75. The van der Waals surface area contributed by atoms with Gasteiger partial charge in [0.2, 0.25) is 0 Å². The lowest BCUT2D eigenvalue weighted by atomic mass is 10.0. The number of hydrogen-bond donors (Lipinski definition) is 0. The van der Waals surface area contributed by atoms with Crippen LogP contribution in [0.15, 0.2) is 95.9 Å². The summed E-state index contributed by atoms with van der Waals surface area (Å²) in [4.78, 5) is 12.0. The van der Waals surface area contributed by atoms with Crippen LogP contribution >= 0.6 is 0 Å². The number of rotatable bonds is 6. The van der Waals surface area contributed by atoms with Crippen molar-refractivity contribution in [1.29, 1.82) is 0 Å². The third-order valence-corrected chi connectivity index (χ3v) is 6.82. The highest BCUT2D eigenvalue weighted by molar-refractivity contribution is 7.90. The average molecular weight is 432 g/mol. The van der Waals surface area contributed by atoms with Gasteiger partial charge >= 0.3 is 5.97 Å². The average Bonchev–Trinajstić information content (AvgIpc) is 3.12. The maximum absolute atomic E-state index is 13.7. The van der Waals surface area contributed by atoms with Gasteiger partial charge in [-0.2, -0.15) is 0 Å². The molecule has 0 saturated heterocycles. The maximum atomic E-state index is 13.7. The van der Waals surface area contributed by atoms with Crippen LogP contribution in [0.3, 0.4) is 0 Å². The fourth-order valence-corrected chi connectivity index (χ4v) is 5.21. The van der Waals surface area contributed by atoms with Crippen molar-refractivity contribution in [2.24, 2.45) is 0 Å². The van der Waals surface area contributed by atoms with Crippen LogP contribution in [0.4, 0.5) is 0 Å². The molecule has 0 fully saturated rings. The van der Waals surface area contributed by atoms with E-state index in [4.69, 9.17) is 4.74 Å². The number of para-hydroxylation sites is 1. The summed E-state index contributed by atoms with van der Waals surface area (Å²) in [6.45, 7) is 0. The molecule has 4 rings (SSSR count). The second-order valence-electron chi connectivity index (χ2n) is 6.98. The van der Waals surface area contributed by atoms with Gasteiger partial charge < -0.3 is 4.74 Å². The van der Waals surface area contributed by atoms with E-state index in [1.54, 1.807) is 48.5 Å². The lowest BCUT2D eigenvalue weighted by molar-refractivity contribution is -0.134. The van der Waals surface area contributed by atoms with Crippen LogP contribution in [-0.4, -0.2) is 25.5 Å². The second kappa shape index (κ2) is 8.62. The van der Waals surface area contributed by atoms with Gasteiger partial charge in [0.25, 0.3) is 10.0 Å². The largest absolute Gasteiger partial charge is 0.466 e. The Bertz CT molecular complexity index is 1350. The monoisotopic (exact) mass is 431 g/mol. The zero-order chi connectivity index (χ0) is 21.8. The predicted molar refractivity (Wildman–Crippen MR) is 121 cm³/mol. The molecule has 4 aromatic rings. The number of methoxy groups -OCH3 is 1. The van der Waals surface area contributed by atoms with Crippen molar-refractivity contribution in [3.63, 3.8) is 0 Å². The molecule has 0 radical (unpaired) electrons. The number of carbonyl (C=O) groups excluding carboxylic acids is 1. The van der Waals surface area contributed by atoms with E-state index in [1.165, 1.54) is 17.2 Å². The normalized spacial score (nSPS) is 11.8. The van der Waals surface area contributed by atoms with Gasteiger partial charge in [-0.3, -0.25) is 0 Å². The summed E-state index contributed by atoms with van der Waals surface area (Å²) in [6.07, 6.45) is 3.32. The SMILES string of the molecule is COC(=O)/C=C/c1c(Cc2ccccc2)n(S(=O)(=O)c2ccccc2)c2ccccc12. The molecule has 0 bridgehead atoms. The number of nitrogens with zero attached hydrogens (tertiary/aromatic N) is 1. The highest BCUT2D eigenvalue weighted by atomic mass is 32.2. The molecule has 0 unspecified atom stereocenters. The van der Waals surface area contributed by atoms with E-state index in [9.17, 15) is 13.2 Å². The molecule has 0 aliphatic rings. The predicted octanol–water partition coefficient (Wildman–Crippen LogP) is 4.66. The Kier molecular flexibility index (Phi) is 5.73. The highest BCUT2D eigenvalue weighted by Gasteiger charge is 2.26. The molecule has 1 aromatic heterocycles. The molecule has 5 nitrogen and oxygen atoms in total. The number of esters is 1. The minimum atomic E-state index is -3.87. The van der Waals surface area contributed by atoms with Crippen LogP contribution in [-0.2, 0) is 26.0 Å². The molecular formula is C25H21NO4S. The fraction of sp³-hybridized carbons (Fsp3) is 0.0800. The van der Waals surface area contributed by atoms with Crippen LogP contribution in [0.5, 0.6) is 0 Å². The zero-order valence-electron chi connectivity index (χ0n) is 16.9. The summed E-state index contributed by atoms with van der Waals surface area (Å²) in [5.41, 5.74) is 2.77. The minimum absolute atomic E-state index is 0.202. The molecule has 3 aromatic carbocycles. The second-order valence-corrected chi connectivity index (χ2v) is 8.77. The van der Waals surface area contributed by atoms with Crippen LogP contribution in [0.1, 0.15) is 16.8 Å². The van der Waals surface area contributed by atoms with Gasteiger partial charge in [-0.15, -0.1) is 0 Å². The van der Waals surface area contributed by atoms with E-state index in [-0.39, 0.29) is 4.90 Å². The van der Waals surface area contributed by atoms with Crippen LogP contribution in [0.2, 0.25) is 0 Å². The Labute approximate surface area is 181 Å². The smallest absolute Gasteiger partial charge is 0.330 e. The number of hydrogen-bond acceptors (Lipinski definition) is 4. The van der Waals surface area contributed by atoms with Gasteiger partial charge in [0, 0.05) is 29.1 Å². The van der Waals surface area contributed by atoms with Crippen LogP contribution < -0.4 is 0 Å². The first-order chi connectivity index (χ1) is 15.0. The zero-order valence-corrected chi connectivity index (χ0v) is 17.7. The van der Waals surface area contributed by atoms with Gasteiger partial charge in [0.1, 0.15) is 0 Å². The Morgan fingerprint density at radius 2 is 1.52 bits per heavy atom. The van der Waals surface area contributed by atoms with E-state index < -0.39 is 16.0 Å². The number of benzene rings is 3. The summed E-state index contributed by atoms with van der Waals surface area (Å²) >= 11 is 0. The molecule has 0 N–H and O–H groups in total.